The minimum atomic E-state index is -0.666. The molecule has 1 unspecified atom stereocenters. The molecule has 2 aromatic heterocycles. The van der Waals surface area contributed by atoms with Crippen LogP contribution in [0, 0.1) is 0 Å². The van der Waals surface area contributed by atoms with Crippen LogP contribution in [0.25, 0.3) is 11.0 Å². The van der Waals surface area contributed by atoms with Crippen molar-refractivity contribution >= 4 is 34.4 Å². The topological polar surface area (TPSA) is 69.4 Å². The highest BCUT2D eigenvalue weighted by Gasteiger charge is 2.60. The van der Waals surface area contributed by atoms with E-state index in [2.05, 4.69) is 9.97 Å². The van der Waals surface area contributed by atoms with Gasteiger partial charge in [-0.2, -0.15) is 0 Å². The largest absolute Gasteiger partial charge is 0.395 e. The van der Waals surface area contributed by atoms with Crippen LogP contribution >= 0.6 is 23.4 Å². The number of nitrogens with zero attached hydrogens (tertiary/aromatic N) is 3. The molecule has 2 saturated heterocycles. The molecule has 4 atom stereocenters. The van der Waals surface area contributed by atoms with Crippen LogP contribution in [0.15, 0.2) is 18.6 Å². The number of halogens is 1. The van der Waals surface area contributed by atoms with Crippen molar-refractivity contribution in [3.8, 4) is 0 Å². The third-order valence-electron chi connectivity index (χ3n) is 4.45. The maximum atomic E-state index is 9.90. The second-order valence-electron chi connectivity index (χ2n) is 6.62. The third kappa shape index (κ3) is 2.29. The summed E-state index contributed by atoms with van der Waals surface area (Å²) in [4.78, 5) is 8.39. The van der Waals surface area contributed by atoms with Gasteiger partial charge in [-0.3, -0.25) is 0 Å². The second-order valence-corrected chi connectivity index (χ2v) is 8.63. The van der Waals surface area contributed by atoms with E-state index in [1.54, 1.807) is 11.8 Å². The summed E-state index contributed by atoms with van der Waals surface area (Å²) in [7, 11) is 0. The van der Waals surface area contributed by atoms with Crippen molar-refractivity contribution in [1.29, 1.82) is 0 Å². The number of thioether (sulfide) groups is 1. The van der Waals surface area contributed by atoms with Crippen LogP contribution in [0.3, 0.4) is 0 Å². The van der Waals surface area contributed by atoms with Crippen LogP contribution in [0.5, 0.6) is 0 Å². The average molecular weight is 356 g/mol. The minimum Gasteiger partial charge on any atom is -0.395 e. The van der Waals surface area contributed by atoms with Gasteiger partial charge in [0, 0.05) is 6.20 Å². The molecule has 2 aromatic rings. The van der Waals surface area contributed by atoms with Crippen LogP contribution < -0.4 is 0 Å². The Morgan fingerprint density at radius 2 is 2.13 bits per heavy atom. The first kappa shape index (κ1) is 15.7. The molecule has 2 aliphatic heterocycles. The minimum absolute atomic E-state index is 0.0176. The Balaban J connectivity index is 1.80. The molecule has 0 radical (unpaired) electrons. The standard InChI is InChI=1S/C15H18ClN3O3S/c1-14(2)21-9-10(22-14)15(3,6-20)23-13(9)19-5-4-8-11(16)17-7-18-12(8)19/h4-5,7,9-10,13,20H,6H2,1-3H3/t9-,10+,13-,15?/m1/s1. The maximum absolute atomic E-state index is 9.90. The maximum Gasteiger partial charge on any atom is 0.163 e. The number of fused-ring (bicyclic) bond motifs is 2. The van der Waals surface area contributed by atoms with Crippen molar-refractivity contribution in [2.24, 2.45) is 0 Å². The molecule has 6 nitrogen and oxygen atoms in total. The van der Waals surface area contributed by atoms with Gasteiger partial charge < -0.3 is 19.1 Å². The highest BCUT2D eigenvalue weighted by Crippen LogP contribution is 2.56. The van der Waals surface area contributed by atoms with Crippen LogP contribution in [0.2, 0.25) is 5.15 Å². The zero-order valence-corrected chi connectivity index (χ0v) is 14.6. The molecule has 0 spiro atoms. The fraction of sp³-hybridized carbons (Fsp3) is 0.600. The summed E-state index contributed by atoms with van der Waals surface area (Å²) in [5, 5.41) is 11.1. The van der Waals surface area contributed by atoms with E-state index >= 15 is 0 Å². The van der Waals surface area contributed by atoms with E-state index in [1.807, 2.05) is 37.6 Å². The molecule has 23 heavy (non-hydrogen) atoms. The summed E-state index contributed by atoms with van der Waals surface area (Å²) in [6.45, 7) is 5.83. The van der Waals surface area contributed by atoms with Crippen molar-refractivity contribution in [2.45, 2.75) is 48.9 Å². The van der Waals surface area contributed by atoms with E-state index < -0.39 is 10.5 Å². The molecule has 124 valence electrons. The van der Waals surface area contributed by atoms with Gasteiger partial charge in [0.25, 0.3) is 0 Å². The van der Waals surface area contributed by atoms with Crippen LogP contribution in [-0.2, 0) is 9.47 Å². The van der Waals surface area contributed by atoms with Crippen LogP contribution in [-0.4, -0.2) is 49.0 Å². The SMILES string of the molecule is CC1(C)O[C@H]2[C@H](n3ccc4c(Cl)ncnc43)SC(C)(CO)[C@H]2O1. The highest BCUT2D eigenvalue weighted by molar-refractivity contribution is 8.01. The molecule has 2 aliphatic rings. The van der Waals surface area contributed by atoms with E-state index in [4.69, 9.17) is 21.1 Å². The quantitative estimate of drug-likeness (QED) is 0.835. The van der Waals surface area contributed by atoms with Gasteiger partial charge in [0.1, 0.15) is 34.7 Å². The van der Waals surface area contributed by atoms with Gasteiger partial charge in [0.15, 0.2) is 5.79 Å². The van der Waals surface area contributed by atoms with Gasteiger partial charge in [-0.25, -0.2) is 9.97 Å². The smallest absolute Gasteiger partial charge is 0.163 e. The zero-order chi connectivity index (χ0) is 16.4. The summed E-state index contributed by atoms with van der Waals surface area (Å²) in [5.41, 5.74) is 0.761. The Morgan fingerprint density at radius 3 is 2.87 bits per heavy atom. The first-order chi connectivity index (χ1) is 10.8. The van der Waals surface area contributed by atoms with Crippen molar-refractivity contribution < 1.29 is 14.6 Å². The predicted molar refractivity (Wildman–Crippen MR) is 88.5 cm³/mol. The van der Waals surface area contributed by atoms with Gasteiger partial charge in [-0.15, -0.1) is 11.8 Å². The predicted octanol–water partition coefficient (Wildman–Crippen LogP) is 2.60. The number of aromatic nitrogens is 3. The molecule has 4 rings (SSSR count). The number of aliphatic hydroxyl groups excluding tert-OH is 1. The molecular weight excluding hydrogens is 338 g/mol. The molecule has 4 heterocycles. The average Bonchev–Trinajstić information content (AvgIpc) is 3.12. The van der Waals surface area contributed by atoms with Crippen molar-refractivity contribution in [3.05, 3.63) is 23.7 Å². The number of aliphatic hydroxyl groups is 1. The number of hydrogen-bond donors (Lipinski definition) is 1. The molecular formula is C15H18ClN3O3S. The lowest BCUT2D eigenvalue weighted by Gasteiger charge is -2.29. The van der Waals surface area contributed by atoms with Crippen LogP contribution in [0.1, 0.15) is 26.1 Å². The summed E-state index contributed by atoms with van der Waals surface area (Å²) in [6.07, 6.45) is 3.04. The number of ether oxygens (including phenoxy) is 2. The van der Waals surface area contributed by atoms with E-state index in [0.29, 0.717) is 5.15 Å². The highest BCUT2D eigenvalue weighted by atomic mass is 35.5. The molecule has 0 aromatic carbocycles. The Morgan fingerprint density at radius 1 is 1.35 bits per heavy atom. The van der Waals surface area contributed by atoms with Gasteiger partial charge in [-0.1, -0.05) is 11.6 Å². The summed E-state index contributed by atoms with van der Waals surface area (Å²) < 4.78 is 13.8. The fourth-order valence-corrected chi connectivity index (χ4v) is 5.12. The third-order valence-corrected chi connectivity index (χ3v) is 6.39. The first-order valence-electron chi connectivity index (χ1n) is 7.46. The van der Waals surface area contributed by atoms with Crippen molar-refractivity contribution in [2.75, 3.05) is 6.61 Å². The monoisotopic (exact) mass is 355 g/mol. The summed E-state index contributed by atoms with van der Waals surface area (Å²) in [5.74, 6) is -0.666. The fourth-order valence-electron chi connectivity index (χ4n) is 3.37. The van der Waals surface area contributed by atoms with Crippen LogP contribution in [0.4, 0.5) is 0 Å². The van der Waals surface area contributed by atoms with E-state index in [9.17, 15) is 5.11 Å². The molecule has 2 fully saturated rings. The molecule has 0 aliphatic carbocycles. The lowest BCUT2D eigenvalue weighted by atomic mass is 10.0. The van der Waals surface area contributed by atoms with Gasteiger partial charge >= 0.3 is 0 Å². The zero-order valence-electron chi connectivity index (χ0n) is 13.1. The lowest BCUT2D eigenvalue weighted by Crippen LogP contribution is -2.40. The summed E-state index contributed by atoms with van der Waals surface area (Å²) in [6, 6.07) is 1.91. The van der Waals surface area contributed by atoms with Gasteiger partial charge in [0.05, 0.1) is 16.7 Å². The molecule has 0 saturated carbocycles. The number of hydrogen-bond acceptors (Lipinski definition) is 6. The van der Waals surface area contributed by atoms with E-state index in [0.717, 1.165) is 11.0 Å². The Bertz CT molecular complexity index is 768. The van der Waals surface area contributed by atoms with E-state index in [-0.39, 0.29) is 24.2 Å². The lowest BCUT2D eigenvalue weighted by molar-refractivity contribution is -0.152. The van der Waals surface area contributed by atoms with Crippen molar-refractivity contribution in [1.82, 2.24) is 14.5 Å². The second kappa shape index (κ2) is 5.07. The molecule has 1 N–H and O–H groups in total. The van der Waals surface area contributed by atoms with Crippen molar-refractivity contribution in [3.63, 3.8) is 0 Å². The van der Waals surface area contributed by atoms with E-state index in [1.165, 1.54) is 6.33 Å². The van der Waals surface area contributed by atoms with Gasteiger partial charge in [0.2, 0.25) is 0 Å². The Labute approximate surface area is 143 Å². The molecule has 0 bridgehead atoms. The summed E-state index contributed by atoms with van der Waals surface area (Å²) >= 11 is 7.79. The Kier molecular flexibility index (Phi) is 3.45. The number of rotatable bonds is 2. The van der Waals surface area contributed by atoms with Gasteiger partial charge in [-0.05, 0) is 26.8 Å². The molecule has 0 amide bonds. The Hall–Kier alpha value is -0.860. The first-order valence-corrected chi connectivity index (χ1v) is 8.72. The normalized spacial score (nSPS) is 35.8. The molecule has 8 heteroatoms.